The van der Waals surface area contributed by atoms with E-state index in [1.807, 2.05) is 30.9 Å². The van der Waals surface area contributed by atoms with Crippen LogP contribution in [0, 0.1) is 5.82 Å². The molecule has 3 aromatic heterocycles. The van der Waals surface area contributed by atoms with Gasteiger partial charge in [-0.3, -0.25) is 4.79 Å². The molecule has 0 saturated heterocycles. The van der Waals surface area contributed by atoms with Gasteiger partial charge in [-0.25, -0.2) is 23.7 Å². The Morgan fingerprint density at radius 2 is 1.83 bits per heavy atom. The lowest BCUT2D eigenvalue weighted by Gasteiger charge is -2.35. The number of methoxy groups -OCH3 is 1. The SMILES string of the molecule is CCc1cc(C(=O)N2CCc3ccccc3C2C)nc2cc(-c3ccc(-c4ccc(C(=O)OC)nc4)cc3F)nn12. The maximum Gasteiger partial charge on any atom is 0.356 e. The van der Waals surface area contributed by atoms with Gasteiger partial charge >= 0.3 is 5.97 Å². The second kappa shape index (κ2) is 10.6. The van der Waals surface area contributed by atoms with Crippen LogP contribution in [0.3, 0.4) is 0 Å². The molecule has 6 rings (SSSR count). The van der Waals surface area contributed by atoms with E-state index in [1.165, 1.54) is 31.0 Å². The van der Waals surface area contributed by atoms with E-state index in [0.717, 1.165) is 17.7 Å². The highest BCUT2D eigenvalue weighted by atomic mass is 19.1. The van der Waals surface area contributed by atoms with E-state index >= 15 is 4.39 Å². The topological polar surface area (TPSA) is 89.7 Å². The van der Waals surface area contributed by atoms with E-state index in [4.69, 9.17) is 0 Å². The Hall–Kier alpha value is -4.92. The van der Waals surface area contributed by atoms with Crippen molar-refractivity contribution in [1.82, 2.24) is 24.5 Å². The first-order chi connectivity index (χ1) is 19.9. The molecular formula is C32H28FN5O3. The zero-order valence-electron chi connectivity index (χ0n) is 23.0. The van der Waals surface area contributed by atoms with Crippen molar-refractivity contribution in [2.45, 2.75) is 32.7 Å². The lowest BCUT2D eigenvalue weighted by molar-refractivity contribution is 0.0593. The molecular weight excluding hydrogens is 521 g/mol. The van der Waals surface area contributed by atoms with Gasteiger partial charge in [0.05, 0.1) is 18.8 Å². The van der Waals surface area contributed by atoms with Crippen molar-refractivity contribution in [3.8, 4) is 22.4 Å². The molecule has 0 saturated carbocycles. The van der Waals surface area contributed by atoms with Crippen LogP contribution in [0.5, 0.6) is 0 Å². The summed E-state index contributed by atoms with van der Waals surface area (Å²) in [5.41, 5.74) is 6.24. The molecule has 0 radical (unpaired) electrons. The molecule has 4 heterocycles. The summed E-state index contributed by atoms with van der Waals surface area (Å²) >= 11 is 0. The highest BCUT2D eigenvalue weighted by Crippen LogP contribution is 2.31. The minimum atomic E-state index is -0.536. The summed E-state index contributed by atoms with van der Waals surface area (Å²) in [7, 11) is 1.29. The molecule has 0 spiro atoms. The zero-order valence-corrected chi connectivity index (χ0v) is 23.0. The number of pyridine rings is 1. The average molecular weight is 550 g/mol. The van der Waals surface area contributed by atoms with Gasteiger partial charge in [-0.1, -0.05) is 43.3 Å². The number of amides is 1. The number of ether oxygens (including phenoxy) is 1. The number of fused-ring (bicyclic) bond motifs is 2. The molecule has 1 aliphatic rings. The summed E-state index contributed by atoms with van der Waals surface area (Å²) in [6, 6.07) is 19.7. The van der Waals surface area contributed by atoms with E-state index < -0.39 is 11.8 Å². The number of hydrogen-bond donors (Lipinski definition) is 0. The van der Waals surface area contributed by atoms with Crippen molar-refractivity contribution < 1.29 is 18.7 Å². The summed E-state index contributed by atoms with van der Waals surface area (Å²) < 4.78 is 21.7. The number of carbonyl (C=O) groups excluding carboxylic acids is 2. The standard InChI is InChI=1S/C32H28FN5O3/c1-4-23-16-29(31(39)37-14-13-20-7-5-6-8-24(20)19(37)2)35-30-17-28(36-38(23)30)25-11-9-21(15-26(25)33)22-10-12-27(34-18-22)32(40)41-3/h5-12,15-19H,4,13-14H2,1-3H3. The summed E-state index contributed by atoms with van der Waals surface area (Å²) in [6.45, 7) is 4.65. The first-order valence-corrected chi connectivity index (χ1v) is 13.5. The lowest BCUT2D eigenvalue weighted by Crippen LogP contribution is -2.39. The molecule has 41 heavy (non-hydrogen) atoms. The largest absolute Gasteiger partial charge is 0.464 e. The fourth-order valence-corrected chi connectivity index (χ4v) is 5.42. The average Bonchev–Trinajstić information content (AvgIpc) is 3.44. The van der Waals surface area contributed by atoms with Gasteiger partial charge in [-0.2, -0.15) is 5.10 Å². The highest BCUT2D eigenvalue weighted by molar-refractivity contribution is 5.93. The van der Waals surface area contributed by atoms with E-state index in [1.54, 1.807) is 34.8 Å². The highest BCUT2D eigenvalue weighted by Gasteiger charge is 2.29. The molecule has 0 fully saturated rings. The number of carbonyl (C=O) groups is 2. The Morgan fingerprint density at radius 1 is 1.02 bits per heavy atom. The number of aromatic nitrogens is 4. The molecule has 0 N–H and O–H groups in total. The fraction of sp³-hybridized carbons (Fsp3) is 0.219. The molecule has 2 aromatic carbocycles. The predicted molar refractivity (Wildman–Crippen MR) is 152 cm³/mol. The molecule has 1 unspecified atom stereocenters. The zero-order chi connectivity index (χ0) is 28.7. The number of aryl methyl sites for hydroxylation is 1. The normalized spacial score (nSPS) is 14.6. The van der Waals surface area contributed by atoms with Gasteiger partial charge in [0.25, 0.3) is 5.91 Å². The minimum Gasteiger partial charge on any atom is -0.464 e. The molecule has 1 aliphatic heterocycles. The molecule has 206 valence electrons. The molecule has 1 amide bonds. The van der Waals surface area contributed by atoms with Gasteiger partial charge in [0.15, 0.2) is 5.65 Å². The maximum absolute atomic E-state index is 15.4. The van der Waals surface area contributed by atoms with Crippen LogP contribution in [0.25, 0.3) is 28.0 Å². The Kier molecular flexibility index (Phi) is 6.78. The van der Waals surface area contributed by atoms with E-state index in [2.05, 4.69) is 31.9 Å². The van der Waals surface area contributed by atoms with Crippen LogP contribution in [-0.2, 0) is 17.6 Å². The number of esters is 1. The van der Waals surface area contributed by atoms with Crippen molar-refractivity contribution in [1.29, 1.82) is 0 Å². The van der Waals surface area contributed by atoms with Crippen LogP contribution in [0.2, 0.25) is 0 Å². The van der Waals surface area contributed by atoms with Crippen LogP contribution in [0.1, 0.15) is 57.7 Å². The predicted octanol–water partition coefficient (Wildman–Crippen LogP) is 5.71. The van der Waals surface area contributed by atoms with Crippen molar-refractivity contribution in [2.24, 2.45) is 0 Å². The number of rotatable bonds is 5. The molecule has 0 aliphatic carbocycles. The Labute approximate surface area is 236 Å². The number of halogens is 1. The quantitative estimate of drug-likeness (QED) is 0.261. The van der Waals surface area contributed by atoms with Crippen molar-refractivity contribution >= 4 is 17.5 Å². The molecule has 0 bridgehead atoms. The molecule has 8 nitrogen and oxygen atoms in total. The Bertz CT molecular complexity index is 1800. The van der Waals surface area contributed by atoms with Crippen LogP contribution in [0.15, 0.2) is 72.9 Å². The smallest absolute Gasteiger partial charge is 0.356 e. The van der Waals surface area contributed by atoms with Gasteiger partial charge in [0.2, 0.25) is 0 Å². The third kappa shape index (κ3) is 4.73. The van der Waals surface area contributed by atoms with E-state index in [0.29, 0.717) is 46.7 Å². The number of hydrogen-bond acceptors (Lipinski definition) is 6. The second-order valence-electron chi connectivity index (χ2n) is 10.0. The van der Waals surface area contributed by atoms with Gasteiger partial charge in [-0.05, 0) is 60.7 Å². The van der Waals surface area contributed by atoms with Gasteiger partial charge in [0.1, 0.15) is 17.2 Å². The number of nitrogens with zero attached hydrogens (tertiary/aromatic N) is 5. The van der Waals surface area contributed by atoms with Crippen molar-refractivity contribution in [2.75, 3.05) is 13.7 Å². The molecule has 1 atom stereocenters. The minimum absolute atomic E-state index is 0.0597. The van der Waals surface area contributed by atoms with E-state index in [9.17, 15) is 9.59 Å². The summed E-state index contributed by atoms with van der Waals surface area (Å²) in [4.78, 5) is 35.9. The first kappa shape index (κ1) is 26.3. The summed E-state index contributed by atoms with van der Waals surface area (Å²) in [6.07, 6.45) is 2.92. The van der Waals surface area contributed by atoms with Crippen molar-refractivity contribution in [3.63, 3.8) is 0 Å². The Balaban J connectivity index is 1.31. The van der Waals surface area contributed by atoms with Gasteiger partial charge in [-0.15, -0.1) is 0 Å². The van der Waals surface area contributed by atoms with Gasteiger partial charge < -0.3 is 9.64 Å². The van der Waals surface area contributed by atoms with Crippen molar-refractivity contribution in [3.05, 3.63) is 107 Å². The maximum atomic E-state index is 15.4. The lowest BCUT2D eigenvalue weighted by atomic mass is 9.93. The van der Waals surface area contributed by atoms with Crippen LogP contribution in [0.4, 0.5) is 4.39 Å². The summed E-state index contributed by atoms with van der Waals surface area (Å²) in [5, 5.41) is 4.64. The first-order valence-electron chi connectivity index (χ1n) is 13.5. The van der Waals surface area contributed by atoms with E-state index in [-0.39, 0.29) is 17.6 Å². The number of benzene rings is 2. The van der Waals surface area contributed by atoms with Crippen LogP contribution >= 0.6 is 0 Å². The van der Waals surface area contributed by atoms with Gasteiger partial charge in [0, 0.05) is 35.6 Å². The second-order valence-corrected chi connectivity index (χ2v) is 10.0. The molecule has 5 aromatic rings. The Morgan fingerprint density at radius 3 is 2.56 bits per heavy atom. The van der Waals surface area contributed by atoms with Crippen LogP contribution < -0.4 is 0 Å². The monoisotopic (exact) mass is 549 g/mol. The fourth-order valence-electron chi connectivity index (χ4n) is 5.42. The molecule has 9 heteroatoms. The third-order valence-electron chi connectivity index (χ3n) is 7.67. The third-order valence-corrected chi connectivity index (χ3v) is 7.67. The van der Waals surface area contributed by atoms with Crippen LogP contribution in [-0.4, -0.2) is 50.0 Å². The summed E-state index contributed by atoms with van der Waals surface area (Å²) in [5.74, 6) is -1.13.